The summed E-state index contributed by atoms with van der Waals surface area (Å²) in [4.78, 5) is 0. The molecule has 0 aliphatic carbocycles. The van der Waals surface area contributed by atoms with Crippen molar-refractivity contribution < 1.29 is 14.2 Å². The van der Waals surface area contributed by atoms with Gasteiger partial charge in [-0.05, 0) is 24.6 Å². The van der Waals surface area contributed by atoms with Gasteiger partial charge >= 0.3 is 0 Å². The molecule has 0 fully saturated rings. The lowest BCUT2D eigenvalue weighted by Gasteiger charge is -2.14. The molecule has 78 valence electrons. The normalized spacial score (nSPS) is 12.6. The molecule has 0 saturated carbocycles. The van der Waals surface area contributed by atoms with Gasteiger partial charge in [0, 0.05) is 18.1 Å². The molecule has 0 spiro atoms. The predicted octanol–water partition coefficient (Wildman–Crippen LogP) is 2.24. The maximum atomic E-state index is 13.3. The molecule has 0 aliphatic heterocycles. The van der Waals surface area contributed by atoms with Crippen molar-refractivity contribution in [2.45, 2.75) is 19.8 Å². The van der Waals surface area contributed by atoms with Crippen molar-refractivity contribution in [3.8, 4) is 5.75 Å². The van der Waals surface area contributed by atoms with Gasteiger partial charge in [-0.15, -0.1) is 0 Å². The van der Waals surface area contributed by atoms with Crippen LogP contribution in [0.15, 0.2) is 12.1 Å². The largest absolute Gasteiger partial charge is 0.496 e. The first-order valence-electron chi connectivity index (χ1n) is 4.55. The molecule has 1 N–H and O–H groups in total. The Morgan fingerprint density at radius 3 is 2.64 bits per heavy atom. The highest BCUT2D eigenvalue weighted by Crippen LogP contribution is 2.28. The van der Waals surface area contributed by atoms with Crippen LogP contribution in [0.2, 0.25) is 0 Å². The molecule has 1 aromatic carbocycles. The zero-order valence-corrected chi connectivity index (χ0v) is 8.67. The molecule has 1 aromatic rings. The maximum Gasteiger partial charge on any atom is 0.126 e. The minimum absolute atomic E-state index is 0.0150. The van der Waals surface area contributed by atoms with Crippen LogP contribution in [0.3, 0.4) is 0 Å². The molecule has 0 heterocycles. The first-order valence-corrected chi connectivity index (χ1v) is 4.55. The number of hydrogen-bond acceptors (Lipinski definition) is 2. The second-order valence-electron chi connectivity index (χ2n) is 3.43. The summed E-state index contributed by atoms with van der Waals surface area (Å²) in [6, 6.07) is 3.08. The van der Waals surface area contributed by atoms with Gasteiger partial charge in [0.25, 0.3) is 0 Å². The number of methoxy groups -OCH3 is 1. The van der Waals surface area contributed by atoms with Gasteiger partial charge in [-0.2, -0.15) is 0 Å². The number of rotatable bonds is 3. The van der Waals surface area contributed by atoms with E-state index in [4.69, 9.17) is 9.84 Å². The molecule has 2 nitrogen and oxygen atoms in total. The molecule has 1 unspecified atom stereocenters. The van der Waals surface area contributed by atoms with E-state index in [1.807, 2.05) is 6.92 Å². The molecule has 1 rings (SSSR count). The Morgan fingerprint density at radius 1 is 1.50 bits per heavy atom. The number of aliphatic hydroxyl groups excluding tert-OH is 1. The summed E-state index contributed by atoms with van der Waals surface area (Å²) in [5.74, 6) is 0.256. The van der Waals surface area contributed by atoms with Crippen LogP contribution in [-0.4, -0.2) is 18.8 Å². The van der Waals surface area contributed by atoms with Crippen LogP contribution in [0, 0.1) is 12.7 Å². The quantitative estimate of drug-likeness (QED) is 0.807. The zero-order chi connectivity index (χ0) is 10.7. The molecule has 0 saturated heterocycles. The second kappa shape index (κ2) is 4.42. The topological polar surface area (TPSA) is 29.5 Å². The summed E-state index contributed by atoms with van der Waals surface area (Å²) >= 11 is 0. The number of aryl methyl sites for hydroxylation is 1. The van der Waals surface area contributed by atoms with Crippen LogP contribution in [0.1, 0.15) is 24.0 Å². The van der Waals surface area contributed by atoms with Crippen LogP contribution in [0.5, 0.6) is 5.75 Å². The Bertz CT molecular complexity index is 323. The standard InChI is InChI=1S/C11H15FO2/c1-7-4-11(14-3)9(5-10(7)12)8(2)6-13/h4-5,8,13H,6H2,1-3H3. The van der Waals surface area contributed by atoms with Crippen molar-refractivity contribution in [3.05, 3.63) is 29.1 Å². The van der Waals surface area contributed by atoms with Crippen LogP contribution >= 0.6 is 0 Å². The van der Waals surface area contributed by atoms with Crippen LogP contribution < -0.4 is 4.74 Å². The lowest BCUT2D eigenvalue weighted by molar-refractivity contribution is 0.269. The van der Waals surface area contributed by atoms with Crippen molar-refractivity contribution in [2.75, 3.05) is 13.7 Å². The number of aliphatic hydroxyl groups is 1. The van der Waals surface area contributed by atoms with Gasteiger partial charge in [-0.3, -0.25) is 0 Å². The minimum atomic E-state index is -0.263. The average Bonchev–Trinajstić information content (AvgIpc) is 2.20. The lowest BCUT2D eigenvalue weighted by Crippen LogP contribution is -2.03. The highest BCUT2D eigenvalue weighted by molar-refractivity contribution is 5.40. The third-order valence-electron chi connectivity index (χ3n) is 2.32. The monoisotopic (exact) mass is 198 g/mol. The maximum absolute atomic E-state index is 13.3. The molecule has 0 amide bonds. The van der Waals surface area contributed by atoms with Crippen molar-refractivity contribution in [2.24, 2.45) is 0 Å². The summed E-state index contributed by atoms with van der Waals surface area (Å²) in [5, 5.41) is 8.99. The SMILES string of the molecule is COc1cc(C)c(F)cc1C(C)CO. The van der Waals surface area contributed by atoms with Gasteiger partial charge in [-0.25, -0.2) is 4.39 Å². The Balaban J connectivity index is 3.19. The Kier molecular flexibility index (Phi) is 3.47. The third-order valence-corrected chi connectivity index (χ3v) is 2.32. The van der Waals surface area contributed by atoms with Crippen molar-refractivity contribution in [1.29, 1.82) is 0 Å². The van der Waals surface area contributed by atoms with Gasteiger partial charge in [0.1, 0.15) is 11.6 Å². The summed E-state index contributed by atoms with van der Waals surface area (Å²) in [5.41, 5.74) is 1.26. The molecule has 0 aromatic heterocycles. The molecule has 0 aliphatic rings. The van der Waals surface area contributed by atoms with E-state index in [-0.39, 0.29) is 18.3 Å². The van der Waals surface area contributed by atoms with Gasteiger partial charge in [0.2, 0.25) is 0 Å². The number of benzene rings is 1. The van der Waals surface area contributed by atoms with Crippen LogP contribution in [0.4, 0.5) is 4.39 Å². The molecule has 0 radical (unpaired) electrons. The van der Waals surface area contributed by atoms with E-state index in [0.29, 0.717) is 16.9 Å². The Labute approximate surface area is 83.3 Å². The molecular weight excluding hydrogens is 183 g/mol. The van der Waals surface area contributed by atoms with E-state index in [9.17, 15) is 4.39 Å². The summed E-state index contributed by atoms with van der Waals surface area (Å²) < 4.78 is 18.4. The Morgan fingerprint density at radius 2 is 2.14 bits per heavy atom. The smallest absolute Gasteiger partial charge is 0.126 e. The van der Waals surface area contributed by atoms with E-state index in [2.05, 4.69) is 0 Å². The zero-order valence-electron chi connectivity index (χ0n) is 8.67. The van der Waals surface area contributed by atoms with Gasteiger partial charge in [0.15, 0.2) is 0 Å². The van der Waals surface area contributed by atoms with Crippen molar-refractivity contribution >= 4 is 0 Å². The molecular formula is C11H15FO2. The van der Waals surface area contributed by atoms with Crippen LogP contribution in [-0.2, 0) is 0 Å². The van der Waals surface area contributed by atoms with Gasteiger partial charge in [0.05, 0.1) is 7.11 Å². The summed E-state index contributed by atoms with van der Waals surface area (Å²) in [7, 11) is 1.54. The van der Waals surface area contributed by atoms with Crippen LogP contribution in [0.25, 0.3) is 0 Å². The first-order chi connectivity index (χ1) is 6.60. The number of ether oxygens (including phenoxy) is 1. The van der Waals surface area contributed by atoms with E-state index in [1.54, 1.807) is 20.1 Å². The molecule has 0 bridgehead atoms. The fourth-order valence-corrected chi connectivity index (χ4v) is 1.33. The van der Waals surface area contributed by atoms with Crippen molar-refractivity contribution in [3.63, 3.8) is 0 Å². The highest BCUT2D eigenvalue weighted by Gasteiger charge is 2.13. The van der Waals surface area contributed by atoms with Crippen molar-refractivity contribution in [1.82, 2.24) is 0 Å². The van der Waals surface area contributed by atoms with E-state index >= 15 is 0 Å². The van der Waals surface area contributed by atoms with E-state index in [0.717, 1.165) is 0 Å². The van der Waals surface area contributed by atoms with Gasteiger partial charge < -0.3 is 9.84 Å². The van der Waals surface area contributed by atoms with E-state index in [1.165, 1.54) is 6.07 Å². The number of halogens is 1. The first kappa shape index (κ1) is 11.0. The Hall–Kier alpha value is -1.09. The predicted molar refractivity (Wildman–Crippen MR) is 53.2 cm³/mol. The van der Waals surface area contributed by atoms with Gasteiger partial charge in [-0.1, -0.05) is 6.92 Å². The summed E-state index contributed by atoms with van der Waals surface area (Å²) in [6.07, 6.45) is 0. The second-order valence-corrected chi connectivity index (χ2v) is 3.43. The molecule has 3 heteroatoms. The summed E-state index contributed by atoms with van der Waals surface area (Å²) in [6.45, 7) is 3.50. The highest BCUT2D eigenvalue weighted by atomic mass is 19.1. The fraction of sp³-hybridized carbons (Fsp3) is 0.455. The molecule has 1 atom stereocenters. The average molecular weight is 198 g/mol. The fourth-order valence-electron chi connectivity index (χ4n) is 1.33. The minimum Gasteiger partial charge on any atom is -0.496 e. The third kappa shape index (κ3) is 2.04. The number of hydrogen-bond donors (Lipinski definition) is 1. The lowest BCUT2D eigenvalue weighted by atomic mass is 9.99. The molecule has 14 heavy (non-hydrogen) atoms. The van der Waals surface area contributed by atoms with E-state index < -0.39 is 0 Å².